The average Bonchev–Trinajstić information content (AvgIpc) is 2.81. The van der Waals surface area contributed by atoms with Gasteiger partial charge in [0, 0.05) is 24.1 Å². The van der Waals surface area contributed by atoms with Crippen LogP contribution in [0.1, 0.15) is 23.1 Å². The maximum absolute atomic E-state index is 5.23. The van der Waals surface area contributed by atoms with E-state index in [-0.39, 0.29) is 0 Å². The Morgan fingerprint density at radius 1 is 1.26 bits per heavy atom. The second kappa shape index (κ2) is 6.80. The lowest BCUT2D eigenvalue weighted by molar-refractivity contribution is 0.181. The van der Waals surface area contributed by atoms with Crippen molar-refractivity contribution in [1.82, 2.24) is 10.3 Å². The number of nitrogens with one attached hydrogen (secondary N) is 1. The Morgan fingerprint density at radius 3 is 2.63 bits per heavy atom. The predicted octanol–water partition coefficient (Wildman–Crippen LogP) is 3.37. The van der Waals surface area contributed by atoms with Crippen LogP contribution in [0.2, 0.25) is 0 Å². The minimum atomic E-state index is 0.573. The van der Waals surface area contributed by atoms with E-state index in [1.807, 2.05) is 0 Å². The third-order valence-electron chi connectivity index (χ3n) is 2.89. The van der Waals surface area contributed by atoms with Crippen LogP contribution < -0.4 is 5.32 Å². The van der Waals surface area contributed by atoms with Gasteiger partial charge in [-0.15, -0.1) is 11.3 Å². The third kappa shape index (κ3) is 3.62. The zero-order valence-corrected chi connectivity index (χ0v) is 12.5. The summed E-state index contributed by atoms with van der Waals surface area (Å²) in [7, 11) is 1.71. The minimum absolute atomic E-state index is 0.573. The van der Waals surface area contributed by atoms with E-state index in [4.69, 9.17) is 9.72 Å². The van der Waals surface area contributed by atoms with Crippen molar-refractivity contribution in [2.24, 2.45) is 0 Å². The van der Waals surface area contributed by atoms with Gasteiger partial charge >= 0.3 is 0 Å². The van der Waals surface area contributed by atoms with Crippen LogP contribution in [0.15, 0.2) is 24.3 Å². The molecule has 0 atom stereocenters. The molecule has 0 fully saturated rings. The average molecular weight is 276 g/mol. The SMILES string of the molecule is CCNCc1sc(-c2ccc(C)cc2)nc1COC. The number of aryl methyl sites for hydroxylation is 1. The molecule has 0 bridgehead atoms. The molecule has 0 aliphatic rings. The quantitative estimate of drug-likeness (QED) is 0.878. The monoisotopic (exact) mass is 276 g/mol. The molecule has 0 saturated heterocycles. The molecule has 1 N–H and O–H groups in total. The van der Waals surface area contributed by atoms with E-state index in [0.717, 1.165) is 23.8 Å². The number of thiazole rings is 1. The molecule has 0 aliphatic heterocycles. The van der Waals surface area contributed by atoms with Crippen LogP contribution in [0.25, 0.3) is 10.6 Å². The molecular weight excluding hydrogens is 256 g/mol. The van der Waals surface area contributed by atoms with Gasteiger partial charge in [0.1, 0.15) is 5.01 Å². The summed E-state index contributed by atoms with van der Waals surface area (Å²) >= 11 is 1.74. The molecule has 0 radical (unpaired) electrons. The Balaban J connectivity index is 2.27. The molecular formula is C15H20N2OS. The van der Waals surface area contributed by atoms with Gasteiger partial charge in [-0.3, -0.25) is 0 Å². The van der Waals surface area contributed by atoms with E-state index in [9.17, 15) is 0 Å². The maximum Gasteiger partial charge on any atom is 0.124 e. The minimum Gasteiger partial charge on any atom is -0.378 e. The lowest BCUT2D eigenvalue weighted by atomic mass is 10.2. The van der Waals surface area contributed by atoms with Crippen molar-refractivity contribution in [2.75, 3.05) is 13.7 Å². The Morgan fingerprint density at radius 2 is 2.00 bits per heavy atom. The van der Waals surface area contributed by atoms with Crippen molar-refractivity contribution in [3.63, 3.8) is 0 Å². The van der Waals surface area contributed by atoms with Gasteiger partial charge in [-0.1, -0.05) is 36.8 Å². The van der Waals surface area contributed by atoms with Gasteiger partial charge in [-0.05, 0) is 13.5 Å². The van der Waals surface area contributed by atoms with Crippen molar-refractivity contribution < 1.29 is 4.74 Å². The van der Waals surface area contributed by atoms with Crippen LogP contribution in [0, 0.1) is 6.92 Å². The van der Waals surface area contributed by atoms with E-state index in [1.54, 1.807) is 18.4 Å². The largest absolute Gasteiger partial charge is 0.378 e. The summed E-state index contributed by atoms with van der Waals surface area (Å²) in [6.45, 7) is 6.60. The van der Waals surface area contributed by atoms with Gasteiger partial charge in [0.2, 0.25) is 0 Å². The molecule has 19 heavy (non-hydrogen) atoms. The Kier molecular flexibility index (Phi) is 5.07. The second-order valence-corrected chi connectivity index (χ2v) is 5.55. The van der Waals surface area contributed by atoms with Crippen LogP contribution in [0.4, 0.5) is 0 Å². The van der Waals surface area contributed by atoms with Gasteiger partial charge in [0.05, 0.1) is 12.3 Å². The summed E-state index contributed by atoms with van der Waals surface area (Å²) in [4.78, 5) is 5.97. The van der Waals surface area contributed by atoms with Crippen molar-refractivity contribution in [1.29, 1.82) is 0 Å². The molecule has 3 nitrogen and oxygen atoms in total. The number of aromatic nitrogens is 1. The molecule has 1 aromatic carbocycles. The highest BCUT2D eigenvalue weighted by atomic mass is 32.1. The van der Waals surface area contributed by atoms with Crippen LogP contribution in [-0.4, -0.2) is 18.6 Å². The molecule has 0 saturated carbocycles. The maximum atomic E-state index is 5.23. The molecule has 1 aromatic heterocycles. The highest BCUT2D eigenvalue weighted by Gasteiger charge is 2.11. The number of hydrogen-bond acceptors (Lipinski definition) is 4. The lowest BCUT2D eigenvalue weighted by Crippen LogP contribution is -2.12. The summed E-state index contributed by atoms with van der Waals surface area (Å²) in [6, 6.07) is 8.50. The van der Waals surface area contributed by atoms with E-state index < -0.39 is 0 Å². The summed E-state index contributed by atoms with van der Waals surface area (Å²) in [5.74, 6) is 0. The predicted molar refractivity (Wildman–Crippen MR) is 80.4 cm³/mol. The molecule has 0 amide bonds. The number of hydrogen-bond donors (Lipinski definition) is 1. The number of rotatable bonds is 6. The Hall–Kier alpha value is -1.23. The molecule has 1 heterocycles. The molecule has 4 heteroatoms. The fraction of sp³-hybridized carbons (Fsp3) is 0.400. The number of nitrogens with zero attached hydrogens (tertiary/aromatic N) is 1. The fourth-order valence-electron chi connectivity index (χ4n) is 1.83. The van der Waals surface area contributed by atoms with E-state index in [1.165, 1.54) is 16.0 Å². The van der Waals surface area contributed by atoms with Crippen molar-refractivity contribution in [3.8, 4) is 10.6 Å². The molecule has 102 valence electrons. The van der Waals surface area contributed by atoms with E-state index >= 15 is 0 Å². The van der Waals surface area contributed by atoms with Crippen molar-refractivity contribution in [2.45, 2.75) is 27.0 Å². The topological polar surface area (TPSA) is 34.2 Å². The van der Waals surface area contributed by atoms with Crippen LogP contribution in [0.5, 0.6) is 0 Å². The first-order valence-electron chi connectivity index (χ1n) is 6.50. The van der Waals surface area contributed by atoms with Gasteiger partial charge in [-0.2, -0.15) is 0 Å². The molecule has 0 spiro atoms. The van der Waals surface area contributed by atoms with Gasteiger partial charge < -0.3 is 10.1 Å². The summed E-state index contributed by atoms with van der Waals surface area (Å²) in [5, 5.41) is 4.42. The summed E-state index contributed by atoms with van der Waals surface area (Å²) in [5.41, 5.74) is 3.49. The first-order valence-corrected chi connectivity index (χ1v) is 7.31. The highest BCUT2D eigenvalue weighted by Crippen LogP contribution is 2.28. The van der Waals surface area contributed by atoms with E-state index in [2.05, 4.69) is 43.4 Å². The fourth-order valence-corrected chi connectivity index (χ4v) is 2.87. The standard InChI is InChI=1S/C15H20N2OS/c1-4-16-9-14-13(10-18-3)17-15(19-14)12-7-5-11(2)6-8-12/h5-8,16H,4,9-10H2,1-3H3. The third-order valence-corrected chi connectivity index (χ3v) is 4.04. The van der Waals surface area contributed by atoms with E-state index in [0.29, 0.717) is 6.61 Å². The van der Waals surface area contributed by atoms with Gasteiger partial charge in [-0.25, -0.2) is 4.98 Å². The Bertz CT molecular complexity index is 519. The summed E-state index contributed by atoms with van der Waals surface area (Å²) in [6.07, 6.45) is 0. The highest BCUT2D eigenvalue weighted by molar-refractivity contribution is 7.15. The Labute approximate surface area is 118 Å². The van der Waals surface area contributed by atoms with Gasteiger partial charge in [0.25, 0.3) is 0 Å². The zero-order chi connectivity index (χ0) is 13.7. The first-order chi connectivity index (χ1) is 9.24. The smallest absolute Gasteiger partial charge is 0.124 e. The second-order valence-electron chi connectivity index (χ2n) is 4.47. The van der Waals surface area contributed by atoms with Crippen LogP contribution in [-0.2, 0) is 17.9 Å². The molecule has 2 aromatic rings. The number of ether oxygens (including phenoxy) is 1. The lowest BCUT2D eigenvalue weighted by Gasteiger charge is -2.00. The summed E-state index contributed by atoms with van der Waals surface area (Å²) < 4.78 is 5.23. The first kappa shape index (κ1) is 14.2. The van der Waals surface area contributed by atoms with Crippen LogP contribution >= 0.6 is 11.3 Å². The zero-order valence-electron chi connectivity index (χ0n) is 11.7. The van der Waals surface area contributed by atoms with Crippen molar-refractivity contribution in [3.05, 3.63) is 40.4 Å². The number of methoxy groups -OCH3 is 1. The molecule has 0 unspecified atom stereocenters. The van der Waals surface area contributed by atoms with Crippen molar-refractivity contribution >= 4 is 11.3 Å². The van der Waals surface area contributed by atoms with Crippen LogP contribution in [0.3, 0.4) is 0 Å². The molecule has 2 rings (SSSR count). The molecule has 0 aliphatic carbocycles. The number of benzene rings is 1. The van der Waals surface area contributed by atoms with Gasteiger partial charge in [0.15, 0.2) is 0 Å². The normalized spacial score (nSPS) is 10.9.